The summed E-state index contributed by atoms with van der Waals surface area (Å²) in [5.41, 5.74) is -0.607. The Morgan fingerprint density at radius 1 is 0.931 bits per heavy atom. The Bertz CT molecular complexity index is 987. The molecule has 2 aromatic rings. The van der Waals surface area contributed by atoms with Gasteiger partial charge < -0.3 is 19.0 Å². The summed E-state index contributed by atoms with van der Waals surface area (Å²) in [6.45, 7) is 3.44. The molecule has 8 heteroatoms. The van der Waals surface area contributed by atoms with E-state index in [4.69, 9.17) is 9.84 Å². The van der Waals surface area contributed by atoms with Gasteiger partial charge >= 0.3 is 11.9 Å². The molecule has 8 nitrogen and oxygen atoms in total. The summed E-state index contributed by atoms with van der Waals surface area (Å²) in [7, 11) is 1.37. The minimum atomic E-state index is -0.966. The van der Waals surface area contributed by atoms with E-state index in [1.54, 1.807) is 59.6 Å². The number of hydrogen-bond donors (Lipinski definition) is 1. The van der Waals surface area contributed by atoms with E-state index in [0.717, 1.165) is 0 Å². The average molecular weight is 400 g/mol. The summed E-state index contributed by atoms with van der Waals surface area (Å²) < 4.78 is 8.05. The molecule has 29 heavy (non-hydrogen) atoms. The molecule has 2 aromatic heterocycles. The van der Waals surface area contributed by atoms with Crippen LogP contribution in [0, 0.1) is 0 Å². The van der Waals surface area contributed by atoms with Crippen LogP contribution in [0.1, 0.15) is 60.5 Å². The van der Waals surface area contributed by atoms with Crippen LogP contribution in [-0.2, 0) is 25.4 Å². The zero-order valence-corrected chi connectivity index (χ0v) is 16.7. The first-order valence-electron chi connectivity index (χ1n) is 9.39. The van der Waals surface area contributed by atoms with Gasteiger partial charge in [0.05, 0.1) is 18.5 Å². The number of aromatic nitrogens is 2. The lowest BCUT2D eigenvalue weighted by Crippen LogP contribution is -2.44. The average Bonchev–Trinajstić information content (AvgIpc) is 3.38. The number of methoxy groups -OCH3 is 1. The predicted octanol–water partition coefficient (Wildman–Crippen LogP) is 2.62. The Morgan fingerprint density at radius 3 is 1.83 bits per heavy atom. The van der Waals surface area contributed by atoms with Crippen molar-refractivity contribution in [1.29, 1.82) is 0 Å². The van der Waals surface area contributed by atoms with Gasteiger partial charge in [-0.05, 0) is 51.0 Å². The van der Waals surface area contributed by atoms with Crippen molar-refractivity contribution in [1.82, 2.24) is 9.13 Å². The second-order valence-corrected chi connectivity index (χ2v) is 7.72. The number of carbonyl (C=O) groups excluding carboxylic acids is 3. The molecule has 1 N–H and O–H groups in total. The molecule has 4 heterocycles. The van der Waals surface area contributed by atoms with Crippen LogP contribution in [0.5, 0.6) is 0 Å². The second-order valence-electron chi connectivity index (χ2n) is 7.72. The minimum Gasteiger partial charge on any atom is -0.479 e. The zero-order valence-electron chi connectivity index (χ0n) is 16.7. The van der Waals surface area contributed by atoms with E-state index in [-0.39, 0.29) is 17.5 Å². The molecule has 2 aliphatic rings. The summed E-state index contributed by atoms with van der Waals surface area (Å²) in [5, 5.41) is 9.12. The SMILES string of the molecule is CC1(C(=O)O)CCC(=O)c2cccn21.COC(=O)C1(C)CCC(=O)c2cccn21. The quantitative estimate of drug-likeness (QED) is 0.777. The highest BCUT2D eigenvalue weighted by Gasteiger charge is 2.42. The van der Waals surface area contributed by atoms with Gasteiger partial charge in [-0.1, -0.05) is 0 Å². The van der Waals surface area contributed by atoms with Gasteiger partial charge in [-0.15, -0.1) is 0 Å². The molecule has 154 valence electrons. The van der Waals surface area contributed by atoms with Gasteiger partial charge in [0.2, 0.25) is 0 Å². The lowest BCUT2D eigenvalue weighted by atomic mass is 9.89. The third-order valence-electron chi connectivity index (χ3n) is 5.90. The molecule has 0 saturated carbocycles. The Labute approximate surface area is 168 Å². The molecule has 0 aromatic carbocycles. The molecule has 0 bridgehead atoms. The highest BCUT2D eigenvalue weighted by Crippen LogP contribution is 2.32. The number of nitrogens with zero attached hydrogens (tertiary/aromatic N) is 2. The van der Waals surface area contributed by atoms with Gasteiger partial charge in [0.25, 0.3) is 0 Å². The number of carboxylic acids is 1. The van der Waals surface area contributed by atoms with E-state index >= 15 is 0 Å². The number of rotatable bonds is 2. The number of aliphatic carboxylic acids is 1. The van der Waals surface area contributed by atoms with Gasteiger partial charge in [0.1, 0.15) is 11.1 Å². The summed E-state index contributed by atoms with van der Waals surface area (Å²) in [5.74, 6) is -1.08. The Hall–Kier alpha value is -3.16. The monoisotopic (exact) mass is 400 g/mol. The normalized spacial score (nSPS) is 25.3. The number of fused-ring (bicyclic) bond motifs is 2. The summed E-state index contributed by atoms with van der Waals surface area (Å²) in [4.78, 5) is 45.8. The molecule has 2 atom stereocenters. The lowest BCUT2D eigenvalue weighted by molar-refractivity contribution is -0.151. The molecule has 0 fully saturated rings. The molecule has 0 spiro atoms. The Kier molecular flexibility index (Phi) is 5.21. The van der Waals surface area contributed by atoms with Crippen LogP contribution >= 0.6 is 0 Å². The number of carboxylic acid groups (broad SMARTS) is 1. The number of Topliss-reactive ketones (excluding diaryl/α,β-unsaturated/α-hetero) is 2. The van der Waals surface area contributed by atoms with Crippen LogP contribution in [0.25, 0.3) is 0 Å². The van der Waals surface area contributed by atoms with Crippen LogP contribution in [0.15, 0.2) is 36.7 Å². The third kappa shape index (κ3) is 3.28. The highest BCUT2D eigenvalue weighted by atomic mass is 16.5. The van der Waals surface area contributed by atoms with Crippen molar-refractivity contribution in [3.63, 3.8) is 0 Å². The van der Waals surface area contributed by atoms with E-state index in [1.807, 2.05) is 0 Å². The summed E-state index contributed by atoms with van der Waals surface area (Å²) in [6, 6.07) is 6.89. The predicted molar refractivity (Wildman–Crippen MR) is 103 cm³/mol. The van der Waals surface area contributed by atoms with Crippen LogP contribution in [0.2, 0.25) is 0 Å². The van der Waals surface area contributed by atoms with Gasteiger partial charge in [0, 0.05) is 25.2 Å². The molecule has 4 rings (SSSR count). The van der Waals surface area contributed by atoms with Gasteiger partial charge in [0.15, 0.2) is 11.6 Å². The van der Waals surface area contributed by atoms with Crippen molar-refractivity contribution in [3.05, 3.63) is 48.0 Å². The van der Waals surface area contributed by atoms with Gasteiger partial charge in [-0.3, -0.25) is 9.59 Å². The maximum Gasteiger partial charge on any atom is 0.331 e. The summed E-state index contributed by atoms with van der Waals surface area (Å²) >= 11 is 0. The molecule has 0 aliphatic carbocycles. The Balaban J connectivity index is 0.000000166. The highest BCUT2D eigenvalue weighted by molar-refractivity contribution is 5.98. The van der Waals surface area contributed by atoms with Crippen LogP contribution in [0.4, 0.5) is 0 Å². The minimum absolute atomic E-state index is 0.0220. The topological polar surface area (TPSA) is 108 Å². The first-order chi connectivity index (χ1) is 13.6. The smallest absolute Gasteiger partial charge is 0.331 e. The van der Waals surface area contributed by atoms with E-state index in [2.05, 4.69) is 0 Å². The van der Waals surface area contributed by atoms with Gasteiger partial charge in [-0.2, -0.15) is 0 Å². The van der Waals surface area contributed by atoms with Crippen molar-refractivity contribution in [2.45, 2.75) is 50.6 Å². The van der Waals surface area contributed by atoms with Gasteiger partial charge in [-0.25, -0.2) is 9.59 Å². The number of carbonyl (C=O) groups is 4. The number of ketones is 2. The van der Waals surface area contributed by atoms with E-state index in [9.17, 15) is 19.2 Å². The third-order valence-corrected chi connectivity index (χ3v) is 5.90. The van der Waals surface area contributed by atoms with Crippen molar-refractivity contribution in [2.75, 3.05) is 7.11 Å². The molecule has 0 amide bonds. The molecule has 2 aliphatic heterocycles. The van der Waals surface area contributed by atoms with Crippen molar-refractivity contribution in [3.8, 4) is 0 Å². The molecule has 2 unspecified atom stereocenters. The van der Waals surface area contributed by atoms with Crippen LogP contribution < -0.4 is 0 Å². The Morgan fingerprint density at radius 2 is 1.38 bits per heavy atom. The molecular formula is C21H24N2O6. The zero-order chi connectivity index (χ0) is 21.4. The number of ether oxygens (including phenoxy) is 1. The first kappa shape index (κ1) is 20.6. The summed E-state index contributed by atoms with van der Waals surface area (Å²) in [6.07, 6.45) is 4.98. The van der Waals surface area contributed by atoms with E-state index < -0.39 is 17.0 Å². The maximum atomic E-state index is 11.7. The fourth-order valence-electron chi connectivity index (χ4n) is 3.92. The van der Waals surface area contributed by atoms with E-state index in [1.165, 1.54) is 7.11 Å². The molecule has 0 radical (unpaired) electrons. The van der Waals surface area contributed by atoms with Crippen LogP contribution in [0.3, 0.4) is 0 Å². The van der Waals surface area contributed by atoms with E-state index in [0.29, 0.717) is 37.1 Å². The van der Waals surface area contributed by atoms with Crippen molar-refractivity contribution >= 4 is 23.5 Å². The fraction of sp³-hybridized carbons (Fsp3) is 0.429. The largest absolute Gasteiger partial charge is 0.479 e. The fourth-order valence-corrected chi connectivity index (χ4v) is 3.92. The van der Waals surface area contributed by atoms with Crippen molar-refractivity contribution < 1.29 is 29.0 Å². The second kappa shape index (κ2) is 7.35. The van der Waals surface area contributed by atoms with Crippen LogP contribution in [-0.4, -0.2) is 44.9 Å². The maximum absolute atomic E-state index is 11.7. The molecular weight excluding hydrogens is 376 g/mol. The standard InChI is InChI=1S/C11H13NO3.C10H11NO3/c1-11(10(14)15-2)6-5-9(13)8-4-3-7-12(8)11;1-10(9(13)14)5-4-8(12)7-3-2-6-11(7)10/h3-4,7H,5-6H2,1-2H3;2-3,6H,4-5H2,1H3,(H,13,14). The molecule has 0 saturated heterocycles. The van der Waals surface area contributed by atoms with Crippen molar-refractivity contribution in [2.24, 2.45) is 0 Å². The lowest BCUT2D eigenvalue weighted by Gasteiger charge is -2.33. The first-order valence-corrected chi connectivity index (χ1v) is 9.39. The number of hydrogen-bond acceptors (Lipinski definition) is 5. The number of esters is 1.